The van der Waals surface area contributed by atoms with Crippen molar-refractivity contribution in [1.29, 1.82) is 0 Å². The number of hydrogen-bond donors (Lipinski definition) is 0. The molecule has 0 spiro atoms. The number of hydrogen-bond acceptors (Lipinski definition) is 4. The summed E-state index contributed by atoms with van der Waals surface area (Å²) in [7, 11) is 3.22. The van der Waals surface area contributed by atoms with Crippen molar-refractivity contribution in [3.63, 3.8) is 0 Å². The molecule has 0 bridgehead atoms. The van der Waals surface area contributed by atoms with Gasteiger partial charge in [0.2, 0.25) is 11.8 Å². The van der Waals surface area contributed by atoms with Crippen LogP contribution in [-0.2, 0) is 16.0 Å². The largest absolute Gasteiger partial charge is 0.493 e. The van der Waals surface area contributed by atoms with Gasteiger partial charge < -0.3 is 19.3 Å². The molecule has 1 aromatic carbocycles. The highest BCUT2D eigenvalue weighted by atomic mass is 16.5. The van der Waals surface area contributed by atoms with Crippen molar-refractivity contribution < 1.29 is 19.1 Å². The topological polar surface area (TPSA) is 59.1 Å². The van der Waals surface area contributed by atoms with Crippen molar-refractivity contribution in [2.45, 2.75) is 25.7 Å². The number of carbonyl (C=O) groups is 2. The molecule has 0 aromatic heterocycles. The summed E-state index contributed by atoms with van der Waals surface area (Å²) in [5.74, 6) is 1.45. The number of amides is 2. The first kappa shape index (κ1) is 17.6. The van der Waals surface area contributed by atoms with Crippen molar-refractivity contribution in [3.05, 3.63) is 23.8 Å². The van der Waals surface area contributed by atoms with Crippen molar-refractivity contribution in [1.82, 2.24) is 9.80 Å². The number of carbonyl (C=O) groups excluding carboxylic acids is 2. The smallest absolute Gasteiger partial charge is 0.227 e. The lowest BCUT2D eigenvalue weighted by Crippen LogP contribution is -2.35. The third kappa shape index (κ3) is 3.89. The Kier molecular flexibility index (Phi) is 5.46. The molecular formula is C19H26N2O4. The van der Waals surface area contributed by atoms with Crippen molar-refractivity contribution >= 4 is 11.8 Å². The highest BCUT2D eigenvalue weighted by molar-refractivity contribution is 5.89. The van der Waals surface area contributed by atoms with Crippen LogP contribution in [-0.4, -0.2) is 62.0 Å². The fourth-order valence-electron chi connectivity index (χ4n) is 3.65. The Hall–Kier alpha value is -2.24. The van der Waals surface area contributed by atoms with Gasteiger partial charge in [0.1, 0.15) is 0 Å². The molecule has 2 aliphatic heterocycles. The minimum atomic E-state index is -0.170. The van der Waals surface area contributed by atoms with Gasteiger partial charge in [0.15, 0.2) is 11.5 Å². The van der Waals surface area contributed by atoms with Crippen LogP contribution in [0.15, 0.2) is 18.2 Å². The highest BCUT2D eigenvalue weighted by Crippen LogP contribution is 2.28. The van der Waals surface area contributed by atoms with E-state index in [1.54, 1.807) is 14.2 Å². The molecule has 0 unspecified atom stereocenters. The first-order valence-corrected chi connectivity index (χ1v) is 8.90. The minimum Gasteiger partial charge on any atom is -0.493 e. The molecule has 2 saturated heterocycles. The van der Waals surface area contributed by atoms with Gasteiger partial charge in [0, 0.05) is 32.6 Å². The summed E-state index contributed by atoms with van der Waals surface area (Å²) < 4.78 is 10.6. The maximum absolute atomic E-state index is 12.5. The van der Waals surface area contributed by atoms with Gasteiger partial charge in [0.25, 0.3) is 0 Å². The van der Waals surface area contributed by atoms with E-state index >= 15 is 0 Å². The highest BCUT2D eigenvalue weighted by Gasteiger charge is 2.36. The first-order chi connectivity index (χ1) is 12.1. The summed E-state index contributed by atoms with van der Waals surface area (Å²) >= 11 is 0. The molecule has 3 rings (SSSR count). The second-order valence-electron chi connectivity index (χ2n) is 6.71. The number of likely N-dealkylation sites (tertiary alicyclic amines) is 2. The van der Waals surface area contributed by atoms with E-state index in [1.165, 1.54) is 0 Å². The van der Waals surface area contributed by atoms with Gasteiger partial charge in [-0.1, -0.05) is 6.07 Å². The van der Waals surface area contributed by atoms with Crippen LogP contribution in [0.25, 0.3) is 0 Å². The number of benzene rings is 1. The number of rotatable bonds is 6. The molecule has 6 heteroatoms. The lowest BCUT2D eigenvalue weighted by molar-refractivity contribution is -0.134. The monoisotopic (exact) mass is 346 g/mol. The predicted octanol–water partition coefficient (Wildman–Crippen LogP) is 1.72. The van der Waals surface area contributed by atoms with E-state index in [1.807, 2.05) is 28.0 Å². The fourth-order valence-corrected chi connectivity index (χ4v) is 3.65. The molecule has 2 aliphatic rings. The quantitative estimate of drug-likeness (QED) is 0.787. The summed E-state index contributed by atoms with van der Waals surface area (Å²) in [6.07, 6.45) is 3.24. The second-order valence-corrected chi connectivity index (χ2v) is 6.71. The van der Waals surface area contributed by atoms with E-state index in [-0.39, 0.29) is 17.7 Å². The van der Waals surface area contributed by atoms with Gasteiger partial charge in [-0.3, -0.25) is 9.59 Å². The molecule has 6 nitrogen and oxygen atoms in total. The van der Waals surface area contributed by atoms with Crippen LogP contribution in [0.2, 0.25) is 0 Å². The second kappa shape index (κ2) is 7.76. The zero-order valence-corrected chi connectivity index (χ0v) is 15.0. The van der Waals surface area contributed by atoms with Crippen LogP contribution in [0.5, 0.6) is 11.5 Å². The third-order valence-electron chi connectivity index (χ3n) is 5.10. The van der Waals surface area contributed by atoms with E-state index in [0.717, 1.165) is 37.9 Å². The van der Waals surface area contributed by atoms with E-state index in [0.29, 0.717) is 31.0 Å². The molecule has 1 aromatic rings. The van der Waals surface area contributed by atoms with E-state index in [4.69, 9.17) is 9.47 Å². The summed E-state index contributed by atoms with van der Waals surface area (Å²) in [4.78, 5) is 28.5. The normalized spacial score (nSPS) is 20.2. The summed E-state index contributed by atoms with van der Waals surface area (Å²) in [5.41, 5.74) is 1.08. The Bertz CT molecular complexity index is 640. The molecule has 0 saturated carbocycles. The van der Waals surface area contributed by atoms with Crippen LogP contribution in [0.3, 0.4) is 0 Å². The molecule has 25 heavy (non-hydrogen) atoms. The van der Waals surface area contributed by atoms with Gasteiger partial charge in [-0.05, 0) is 37.0 Å². The van der Waals surface area contributed by atoms with Gasteiger partial charge in [0.05, 0.1) is 20.1 Å². The number of ether oxygens (including phenoxy) is 2. The summed E-state index contributed by atoms with van der Waals surface area (Å²) in [6, 6.07) is 5.79. The Labute approximate surface area is 148 Å². The Balaban J connectivity index is 1.56. The molecule has 1 atom stereocenters. The van der Waals surface area contributed by atoms with E-state index in [9.17, 15) is 9.59 Å². The van der Waals surface area contributed by atoms with E-state index in [2.05, 4.69) is 0 Å². The maximum atomic E-state index is 12.5. The number of nitrogens with zero attached hydrogens (tertiary/aromatic N) is 2. The number of methoxy groups -OCH3 is 2. The summed E-state index contributed by atoms with van der Waals surface area (Å²) in [5, 5.41) is 0. The average Bonchev–Trinajstić information content (AvgIpc) is 3.29. The van der Waals surface area contributed by atoms with Gasteiger partial charge >= 0.3 is 0 Å². The average molecular weight is 346 g/mol. The van der Waals surface area contributed by atoms with Crippen LogP contribution < -0.4 is 9.47 Å². The third-order valence-corrected chi connectivity index (χ3v) is 5.10. The van der Waals surface area contributed by atoms with Gasteiger partial charge in [-0.25, -0.2) is 0 Å². The standard InChI is InChI=1S/C19H26N2O4/c1-24-16-6-5-14(11-17(16)25-2)7-10-21-13-15(12-18(21)22)19(23)20-8-3-4-9-20/h5-6,11,15H,3-4,7-10,12-13H2,1-2H3/t15-/m1/s1. The van der Waals surface area contributed by atoms with Gasteiger partial charge in [-0.15, -0.1) is 0 Å². The Morgan fingerprint density at radius 3 is 2.56 bits per heavy atom. The first-order valence-electron chi connectivity index (χ1n) is 8.90. The molecule has 0 aliphatic carbocycles. The zero-order chi connectivity index (χ0) is 17.8. The van der Waals surface area contributed by atoms with Gasteiger partial charge in [-0.2, -0.15) is 0 Å². The van der Waals surface area contributed by atoms with Crippen molar-refractivity contribution in [2.75, 3.05) is 40.4 Å². The fraction of sp³-hybridized carbons (Fsp3) is 0.579. The lowest BCUT2D eigenvalue weighted by atomic mass is 10.1. The molecular weight excluding hydrogens is 320 g/mol. The zero-order valence-electron chi connectivity index (χ0n) is 15.0. The molecule has 2 fully saturated rings. The Morgan fingerprint density at radius 2 is 1.88 bits per heavy atom. The summed E-state index contributed by atoms with van der Waals surface area (Å²) in [6.45, 7) is 2.85. The molecule has 2 heterocycles. The minimum absolute atomic E-state index is 0.0815. The van der Waals surface area contributed by atoms with Crippen LogP contribution in [0, 0.1) is 5.92 Å². The van der Waals surface area contributed by atoms with Crippen LogP contribution in [0.1, 0.15) is 24.8 Å². The maximum Gasteiger partial charge on any atom is 0.227 e. The van der Waals surface area contributed by atoms with Crippen LogP contribution in [0.4, 0.5) is 0 Å². The molecule has 2 amide bonds. The van der Waals surface area contributed by atoms with Crippen molar-refractivity contribution in [3.8, 4) is 11.5 Å². The SMILES string of the molecule is COc1ccc(CCN2C[C@H](C(=O)N3CCCC3)CC2=O)cc1OC. The molecule has 0 radical (unpaired) electrons. The van der Waals surface area contributed by atoms with Crippen LogP contribution >= 0.6 is 0 Å². The molecule has 0 N–H and O–H groups in total. The van der Waals surface area contributed by atoms with Crippen molar-refractivity contribution in [2.24, 2.45) is 5.92 Å². The van der Waals surface area contributed by atoms with E-state index < -0.39 is 0 Å². The predicted molar refractivity (Wildman–Crippen MR) is 93.8 cm³/mol. The Morgan fingerprint density at radius 1 is 1.16 bits per heavy atom. The molecule has 136 valence electrons. The lowest BCUT2D eigenvalue weighted by Gasteiger charge is -2.20.